The van der Waals surface area contributed by atoms with E-state index >= 15 is 0 Å². The molecule has 0 radical (unpaired) electrons. The van der Waals surface area contributed by atoms with Gasteiger partial charge < -0.3 is 15.0 Å². The molecule has 2 rings (SSSR count). The van der Waals surface area contributed by atoms with Crippen molar-refractivity contribution in [3.8, 4) is 6.07 Å². The molecule has 1 N–H and O–H groups in total. The number of rotatable bonds is 1. The molecular weight excluding hydrogens is 218 g/mol. The second kappa shape index (κ2) is 5.48. The Bertz CT molecular complexity index is 326. The van der Waals surface area contributed by atoms with Crippen molar-refractivity contribution in [3.05, 3.63) is 0 Å². The molecule has 0 aromatic carbocycles. The Labute approximate surface area is 102 Å². The predicted molar refractivity (Wildman–Crippen MR) is 62.1 cm³/mol. The molecule has 5 nitrogen and oxygen atoms in total. The van der Waals surface area contributed by atoms with E-state index in [9.17, 15) is 4.79 Å². The summed E-state index contributed by atoms with van der Waals surface area (Å²) < 4.78 is 5.24. The zero-order valence-electron chi connectivity index (χ0n) is 10.2. The number of nitriles is 1. The summed E-state index contributed by atoms with van der Waals surface area (Å²) in [5.41, 5.74) is 0. The Balaban J connectivity index is 1.92. The Hall–Kier alpha value is -1.12. The molecule has 1 amide bonds. The maximum atomic E-state index is 12.3. The van der Waals surface area contributed by atoms with E-state index in [1.54, 1.807) is 4.90 Å². The Kier molecular flexibility index (Phi) is 3.97. The summed E-state index contributed by atoms with van der Waals surface area (Å²) in [6.45, 7) is 4.56. The van der Waals surface area contributed by atoms with Gasteiger partial charge >= 0.3 is 0 Å². The largest absolute Gasteiger partial charge is 0.360 e. The third-order valence-corrected chi connectivity index (χ3v) is 3.49. The van der Waals surface area contributed by atoms with Gasteiger partial charge in [0.25, 0.3) is 0 Å². The lowest BCUT2D eigenvalue weighted by Crippen LogP contribution is -2.54. The maximum Gasteiger partial charge on any atom is 0.239 e. The number of piperidine rings is 1. The van der Waals surface area contributed by atoms with Gasteiger partial charge in [-0.3, -0.25) is 4.79 Å². The van der Waals surface area contributed by atoms with Crippen LogP contribution in [0.1, 0.15) is 19.8 Å². The van der Waals surface area contributed by atoms with Gasteiger partial charge in [-0.2, -0.15) is 5.26 Å². The number of hydrogen-bond acceptors (Lipinski definition) is 4. The van der Waals surface area contributed by atoms with Crippen LogP contribution in [0.5, 0.6) is 0 Å². The third-order valence-electron chi connectivity index (χ3n) is 3.49. The molecule has 17 heavy (non-hydrogen) atoms. The quantitative estimate of drug-likeness (QED) is 0.704. The second-order valence-electron chi connectivity index (χ2n) is 4.91. The summed E-state index contributed by atoms with van der Waals surface area (Å²) >= 11 is 0. The monoisotopic (exact) mass is 237 g/mol. The zero-order valence-corrected chi connectivity index (χ0v) is 10.2. The molecule has 2 heterocycles. The van der Waals surface area contributed by atoms with Gasteiger partial charge in [-0.05, 0) is 25.3 Å². The molecule has 2 aliphatic rings. The highest BCUT2D eigenvalue weighted by Gasteiger charge is 2.31. The number of nitrogens with zero attached hydrogens (tertiary/aromatic N) is 2. The van der Waals surface area contributed by atoms with Crippen molar-refractivity contribution in [1.82, 2.24) is 10.2 Å². The van der Waals surface area contributed by atoms with Crippen LogP contribution >= 0.6 is 0 Å². The number of carbonyl (C=O) groups is 1. The minimum absolute atomic E-state index is 0.0730. The van der Waals surface area contributed by atoms with Crippen LogP contribution < -0.4 is 5.32 Å². The van der Waals surface area contributed by atoms with Gasteiger partial charge in [0, 0.05) is 6.54 Å². The first-order valence-electron chi connectivity index (χ1n) is 6.24. The normalized spacial score (nSPS) is 34.1. The summed E-state index contributed by atoms with van der Waals surface area (Å²) in [6.07, 6.45) is 1.56. The van der Waals surface area contributed by atoms with Crippen LogP contribution in [0, 0.1) is 17.2 Å². The molecule has 0 saturated carbocycles. The number of morpholine rings is 1. The molecule has 0 spiro atoms. The first kappa shape index (κ1) is 12.3. The average Bonchev–Trinajstić information content (AvgIpc) is 2.38. The van der Waals surface area contributed by atoms with Gasteiger partial charge in [0.2, 0.25) is 5.91 Å². The molecule has 2 fully saturated rings. The standard InChI is InChI=1S/C12H19N3O2/c1-9-2-3-14-11(6-9)12(16)15-4-5-17-10(7-13)8-15/h9-11,14H,2-6,8H2,1H3. The second-order valence-corrected chi connectivity index (χ2v) is 4.91. The summed E-state index contributed by atoms with van der Waals surface area (Å²) in [5.74, 6) is 0.720. The van der Waals surface area contributed by atoms with Gasteiger partial charge in [0.1, 0.15) is 0 Å². The van der Waals surface area contributed by atoms with Gasteiger partial charge in [0.05, 0.1) is 25.3 Å². The van der Waals surface area contributed by atoms with E-state index in [2.05, 4.69) is 18.3 Å². The van der Waals surface area contributed by atoms with Crippen LogP contribution in [0.25, 0.3) is 0 Å². The third kappa shape index (κ3) is 2.96. The first-order chi connectivity index (χ1) is 8.20. The molecule has 0 aromatic rings. The maximum absolute atomic E-state index is 12.3. The fourth-order valence-electron chi connectivity index (χ4n) is 2.44. The highest BCUT2D eigenvalue weighted by Crippen LogP contribution is 2.17. The van der Waals surface area contributed by atoms with Crippen molar-refractivity contribution in [2.45, 2.75) is 31.9 Å². The molecule has 3 atom stereocenters. The minimum Gasteiger partial charge on any atom is -0.360 e. The van der Waals surface area contributed by atoms with E-state index < -0.39 is 6.10 Å². The van der Waals surface area contributed by atoms with Crippen LogP contribution in [0.3, 0.4) is 0 Å². The van der Waals surface area contributed by atoms with E-state index in [-0.39, 0.29) is 11.9 Å². The SMILES string of the molecule is CC1CCNC(C(=O)N2CCOC(C#N)C2)C1. The lowest BCUT2D eigenvalue weighted by Gasteiger charge is -2.35. The summed E-state index contributed by atoms with van der Waals surface area (Å²) in [6, 6.07) is 1.99. The number of amides is 1. The summed E-state index contributed by atoms with van der Waals surface area (Å²) in [5, 5.41) is 12.1. The van der Waals surface area contributed by atoms with Crippen LogP contribution in [0.2, 0.25) is 0 Å². The van der Waals surface area contributed by atoms with E-state index in [4.69, 9.17) is 10.00 Å². The molecule has 0 bridgehead atoms. The van der Waals surface area contributed by atoms with Crippen molar-refractivity contribution >= 4 is 5.91 Å². The number of hydrogen-bond donors (Lipinski definition) is 1. The Morgan fingerprint density at radius 1 is 1.59 bits per heavy atom. The van der Waals surface area contributed by atoms with E-state index in [0.717, 1.165) is 19.4 Å². The number of nitrogens with one attached hydrogen (secondary N) is 1. The summed E-state index contributed by atoms with van der Waals surface area (Å²) in [7, 11) is 0. The zero-order chi connectivity index (χ0) is 12.3. The van der Waals surface area contributed by atoms with Crippen LogP contribution in [0.15, 0.2) is 0 Å². The predicted octanol–water partition coefficient (Wildman–Crippen LogP) is 0.125. The van der Waals surface area contributed by atoms with Crippen molar-refractivity contribution in [1.29, 1.82) is 5.26 Å². The highest BCUT2D eigenvalue weighted by atomic mass is 16.5. The van der Waals surface area contributed by atoms with Gasteiger partial charge in [-0.15, -0.1) is 0 Å². The van der Waals surface area contributed by atoms with Crippen molar-refractivity contribution in [2.24, 2.45) is 5.92 Å². The van der Waals surface area contributed by atoms with Crippen LogP contribution in [-0.4, -0.2) is 49.2 Å². The Morgan fingerprint density at radius 3 is 3.12 bits per heavy atom. The molecule has 0 aromatic heterocycles. The highest BCUT2D eigenvalue weighted by molar-refractivity contribution is 5.82. The van der Waals surface area contributed by atoms with Gasteiger partial charge in [-0.1, -0.05) is 6.92 Å². The fraction of sp³-hybridized carbons (Fsp3) is 0.833. The number of ether oxygens (including phenoxy) is 1. The topological polar surface area (TPSA) is 65.4 Å². The van der Waals surface area contributed by atoms with Crippen molar-refractivity contribution in [3.63, 3.8) is 0 Å². The van der Waals surface area contributed by atoms with Gasteiger partial charge in [-0.25, -0.2) is 0 Å². The smallest absolute Gasteiger partial charge is 0.239 e. The minimum atomic E-state index is -0.464. The van der Waals surface area contributed by atoms with Crippen LogP contribution in [-0.2, 0) is 9.53 Å². The molecule has 2 saturated heterocycles. The van der Waals surface area contributed by atoms with Crippen LogP contribution in [0.4, 0.5) is 0 Å². The lowest BCUT2D eigenvalue weighted by atomic mass is 9.93. The van der Waals surface area contributed by atoms with E-state index in [0.29, 0.717) is 25.6 Å². The molecule has 94 valence electrons. The Morgan fingerprint density at radius 2 is 2.41 bits per heavy atom. The summed E-state index contributed by atoms with van der Waals surface area (Å²) in [4.78, 5) is 14.0. The van der Waals surface area contributed by atoms with Gasteiger partial charge in [0.15, 0.2) is 6.10 Å². The average molecular weight is 237 g/mol. The van der Waals surface area contributed by atoms with E-state index in [1.165, 1.54) is 0 Å². The lowest BCUT2D eigenvalue weighted by molar-refractivity contribution is -0.140. The van der Waals surface area contributed by atoms with Crippen molar-refractivity contribution < 1.29 is 9.53 Å². The fourth-order valence-corrected chi connectivity index (χ4v) is 2.44. The first-order valence-corrected chi connectivity index (χ1v) is 6.24. The molecule has 0 aliphatic carbocycles. The number of carbonyl (C=O) groups excluding carboxylic acids is 1. The molecular formula is C12H19N3O2. The molecule has 3 unspecified atom stereocenters. The van der Waals surface area contributed by atoms with Crippen molar-refractivity contribution in [2.75, 3.05) is 26.2 Å². The van der Waals surface area contributed by atoms with E-state index in [1.807, 2.05) is 0 Å². The molecule has 5 heteroatoms. The molecule has 2 aliphatic heterocycles.